The molecule has 0 bridgehead atoms. The van der Waals surface area contributed by atoms with Crippen LogP contribution in [0.2, 0.25) is 0 Å². The smallest absolute Gasteiger partial charge is 0.213 e. The van der Waals surface area contributed by atoms with E-state index >= 15 is 0 Å². The Morgan fingerprint density at radius 3 is 3.13 bits per heavy atom. The normalized spacial score (nSPS) is 10.1. The zero-order chi connectivity index (χ0) is 10.7. The van der Waals surface area contributed by atoms with Crippen LogP contribution >= 0.6 is 11.3 Å². The van der Waals surface area contributed by atoms with Crippen LogP contribution < -0.4 is 0 Å². The molecule has 0 fully saturated rings. The van der Waals surface area contributed by atoms with Gasteiger partial charge >= 0.3 is 0 Å². The molecule has 2 rings (SSSR count). The number of hydrogen-bond acceptors (Lipinski definition) is 4. The molecule has 4 nitrogen and oxygen atoms in total. The van der Waals surface area contributed by atoms with Crippen LogP contribution in [-0.2, 0) is 13.0 Å². The molecule has 0 N–H and O–H groups in total. The Morgan fingerprint density at radius 2 is 2.47 bits per heavy atom. The molecule has 5 heteroatoms. The van der Waals surface area contributed by atoms with E-state index in [1.54, 1.807) is 28.3 Å². The van der Waals surface area contributed by atoms with E-state index in [1.165, 1.54) is 0 Å². The van der Waals surface area contributed by atoms with Gasteiger partial charge in [-0.15, -0.1) is 11.3 Å². The SMILES string of the molecule is CCc1nc(Cn2ccnc2C#N)cs1. The van der Waals surface area contributed by atoms with Gasteiger partial charge in [0.05, 0.1) is 17.2 Å². The van der Waals surface area contributed by atoms with Crippen molar-refractivity contribution in [2.45, 2.75) is 19.9 Å². The zero-order valence-electron chi connectivity index (χ0n) is 8.34. The van der Waals surface area contributed by atoms with Gasteiger partial charge in [-0.2, -0.15) is 5.26 Å². The second-order valence-electron chi connectivity index (χ2n) is 3.08. The van der Waals surface area contributed by atoms with Crippen molar-refractivity contribution < 1.29 is 0 Å². The summed E-state index contributed by atoms with van der Waals surface area (Å²) in [5.41, 5.74) is 0.992. The lowest BCUT2D eigenvalue weighted by Gasteiger charge is -1.99. The summed E-state index contributed by atoms with van der Waals surface area (Å²) in [5, 5.41) is 11.9. The zero-order valence-corrected chi connectivity index (χ0v) is 9.16. The number of hydrogen-bond donors (Lipinski definition) is 0. The second-order valence-corrected chi connectivity index (χ2v) is 4.02. The summed E-state index contributed by atoms with van der Waals surface area (Å²) in [4.78, 5) is 8.37. The Kier molecular flexibility index (Phi) is 2.79. The van der Waals surface area contributed by atoms with Crippen LogP contribution in [-0.4, -0.2) is 14.5 Å². The van der Waals surface area contributed by atoms with Gasteiger partial charge in [0.2, 0.25) is 5.82 Å². The molecule has 15 heavy (non-hydrogen) atoms. The van der Waals surface area contributed by atoms with Gasteiger partial charge in [-0.1, -0.05) is 6.92 Å². The van der Waals surface area contributed by atoms with Crippen molar-refractivity contribution in [2.24, 2.45) is 0 Å². The molecule has 0 spiro atoms. The molecular weight excluding hydrogens is 208 g/mol. The van der Waals surface area contributed by atoms with E-state index < -0.39 is 0 Å². The molecule has 2 aromatic rings. The maximum Gasteiger partial charge on any atom is 0.213 e. The number of imidazole rings is 1. The summed E-state index contributed by atoms with van der Waals surface area (Å²) < 4.78 is 1.80. The van der Waals surface area contributed by atoms with Crippen LogP contribution in [0.1, 0.15) is 23.4 Å². The third-order valence-electron chi connectivity index (χ3n) is 2.05. The van der Waals surface area contributed by atoms with E-state index in [4.69, 9.17) is 5.26 Å². The Hall–Kier alpha value is -1.67. The van der Waals surface area contributed by atoms with Gasteiger partial charge in [0.25, 0.3) is 0 Å². The Morgan fingerprint density at radius 1 is 1.60 bits per heavy atom. The first-order valence-electron chi connectivity index (χ1n) is 4.68. The first kappa shape index (κ1) is 9.87. The Balaban J connectivity index is 2.19. The quantitative estimate of drug-likeness (QED) is 0.789. The summed E-state index contributed by atoms with van der Waals surface area (Å²) in [6, 6.07) is 2.04. The van der Waals surface area contributed by atoms with Crippen LogP contribution in [0.15, 0.2) is 17.8 Å². The van der Waals surface area contributed by atoms with Gasteiger partial charge in [-0.3, -0.25) is 0 Å². The van der Waals surface area contributed by atoms with E-state index in [1.807, 2.05) is 11.4 Å². The average Bonchev–Trinajstić information content (AvgIpc) is 2.87. The summed E-state index contributed by atoms with van der Waals surface area (Å²) in [6.07, 6.45) is 4.38. The fourth-order valence-electron chi connectivity index (χ4n) is 1.31. The van der Waals surface area contributed by atoms with Gasteiger partial charge < -0.3 is 4.57 Å². The third-order valence-corrected chi connectivity index (χ3v) is 3.09. The number of nitrogens with zero attached hydrogens (tertiary/aromatic N) is 4. The highest BCUT2D eigenvalue weighted by molar-refractivity contribution is 7.09. The highest BCUT2D eigenvalue weighted by Crippen LogP contribution is 2.11. The minimum absolute atomic E-state index is 0.432. The highest BCUT2D eigenvalue weighted by Gasteiger charge is 2.04. The molecule has 2 heterocycles. The topological polar surface area (TPSA) is 54.5 Å². The van der Waals surface area contributed by atoms with Crippen LogP contribution in [0.5, 0.6) is 0 Å². The molecule has 0 aliphatic carbocycles. The molecule has 0 saturated heterocycles. The van der Waals surface area contributed by atoms with Gasteiger partial charge in [0, 0.05) is 17.8 Å². The predicted octanol–water partition coefficient (Wildman–Crippen LogP) is 1.82. The lowest BCUT2D eigenvalue weighted by Crippen LogP contribution is -2.01. The van der Waals surface area contributed by atoms with E-state index in [0.29, 0.717) is 12.4 Å². The van der Waals surface area contributed by atoms with Crippen molar-refractivity contribution in [1.29, 1.82) is 5.26 Å². The number of aryl methyl sites for hydroxylation is 1. The van der Waals surface area contributed by atoms with Crippen LogP contribution in [0.3, 0.4) is 0 Å². The fraction of sp³-hybridized carbons (Fsp3) is 0.300. The van der Waals surface area contributed by atoms with Crippen molar-refractivity contribution in [3.8, 4) is 6.07 Å². The van der Waals surface area contributed by atoms with Crippen molar-refractivity contribution in [1.82, 2.24) is 14.5 Å². The molecule has 0 aromatic carbocycles. The number of thiazole rings is 1. The Bertz CT molecular complexity index is 491. The van der Waals surface area contributed by atoms with E-state index in [9.17, 15) is 0 Å². The van der Waals surface area contributed by atoms with E-state index in [-0.39, 0.29) is 0 Å². The molecule has 0 aliphatic heterocycles. The van der Waals surface area contributed by atoms with Crippen molar-refractivity contribution in [3.63, 3.8) is 0 Å². The van der Waals surface area contributed by atoms with Crippen molar-refractivity contribution >= 4 is 11.3 Å². The van der Waals surface area contributed by atoms with E-state index in [0.717, 1.165) is 17.1 Å². The summed E-state index contributed by atoms with van der Waals surface area (Å²) in [6.45, 7) is 2.71. The maximum absolute atomic E-state index is 8.79. The molecule has 0 unspecified atom stereocenters. The molecule has 0 atom stereocenters. The first-order chi connectivity index (χ1) is 7.33. The largest absolute Gasteiger partial charge is 0.317 e. The van der Waals surface area contributed by atoms with Crippen molar-refractivity contribution in [3.05, 3.63) is 34.3 Å². The monoisotopic (exact) mass is 218 g/mol. The number of aromatic nitrogens is 3. The second kappa shape index (κ2) is 4.24. The molecule has 2 aromatic heterocycles. The first-order valence-corrected chi connectivity index (χ1v) is 5.56. The average molecular weight is 218 g/mol. The van der Waals surface area contributed by atoms with Gasteiger partial charge in [0.15, 0.2) is 0 Å². The minimum Gasteiger partial charge on any atom is -0.317 e. The number of rotatable bonds is 3. The lowest BCUT2D eigenvalue weighted by atomic mass is 10.4. The number of nitriles is 1. The van der Waals surface area contributed by atoms with Gasteiger partial charge in [0.1, 0.15) is 6.07 Å². The molecule has 0 aliphatic rings. The minimum atomic E-state index is 0.432. The fourth-order valence-corrected chi connectivity index (χ4v) is 2.04. The summed E-state index contributed by atoms with van der Waals surface area (Å²) in [7, 11) is 0. The molecule has 0 amide bonds. The van der Waals surface area contributed by atoms with Crippen molar-refractivity contribution in [2.75, 3.05) is 0 Å². The third kappa shape index (κ3) is 2.05. The molecule has 76 valence electrons. The molecule has 0 saturated carbocycles. The van der Waals surface area contributed by atoms with Gasteiger partial charge in [-0.05, 0) is 6.42 Å². The molecular formula is C10H10N4S. The van der Waals surface area contributed by atoms with Crippen LogP contribution in [0.25, 0.3) is 0 Å². The standard InChI is InChI=1S/C10H10N4S/c1-2-10-13-8(7-15-10)6-14-4-3-12-9(14)5-11/h3-4,7H,2,6H2,1H3. The Labute approximate surface area is 91.8 Å². The maximum atomic E-state index is 8.79. The van der Waals surface area contributed by atoms with Crippen LogP contribution in [0, 0.1) is 11.3 Å². The van der Waals surface area contributed by atoms with Crippen LogP contribution in [0.4, 0.5) is 0 Å². The van der Waals surface area contributed by atoms with Gasteiger partial charge in [-0.25, -0.2) is 9.97 Å². The summed E-state index contributed by atoms with van der Waals surface area (Å²) >= 11 is 1.66. The lowest BCUT2D eigenvalue weighted by molar-refractivity contribution is 0.761. The predicted molar refractivity (Wildman–Crippen MR) is 57.5 cm³/mol. The summed E-state index contributed by atoms with van der Waals surface area (Å²) in [5.74, 6) is 0.432. The highest BCUT2D eigenvalue weighted by atomic mass is 32.1. The molecule has 0 radical (unpaired) electrons. The van der Waals surface area contributed by atoms with E-state index in [2.05, 4.69) is 16.9 Å².